The van der Waals surface area contributed by atoms with Gasteiger partial charge in [-0.3, -0.25) is 86.3 Å². The number of amides is 18. The van der Waals surface area contributed by atoms with E-state index in [1.54, 1.807) is 33.9 Å². The molecule has 1 heterocycles. The zero-order chi connectivity index (χ0) is 87.7. The molecule has 638 valence electrons. The van der Waals surface area contributed by atoms with E-state index in [-0.39, 0.29) is 49.9 Å². The highest BCUT2D eigenvalue weighted by Gasteiger charge is 2.44. The maximum Gasteiger partial charge on any atom is 0.246 e. The van der Waals surface area contributed by atoms with Gasteiger partial charge in [0.25, 0.3) is 0 Å². The summed E-state index contributed by atoms with van der Waals surface area (Å²) in [6, 6.07) is -4.42. The van der Waals surface area contributed by atoms with Gasteiger partial charge in [0.2, 0.25) is 106 Å². The number of hydrogen-bond donors (Lipinski definition) is 20. The second-order valence-corrected chi connectivity index (χ2v) is 33.3. The molecule has 2 aromatic rings. The monoisotopic (exact) mass is 1610 g/mol. The van der Waals surface area contributed by atoms with Crippen molar-refractivity contribution in [2.24, 2.45) is 35.0 Å². The predicted octanol–water partition coefficient (Wildman–Crippen LogP) is -2.57. The summed E-state index contributed by atoms with van der Waals surface area (Å²) in [6.45, 7) is 29.7. The number of primary amides is 3. The van der Waals surface area contributed by atoms with Crippen LogP contribution in [0.25, 0.3) is 10.9 Å². The van der Waals surface area contributed by atoms with Crippen molar-refractivity contribution in [1.29, 1.82) is 0 Å². The molecule has 0 radical (unpaired) electrons. The minimum Gasteiger partial charge on any atom is -0.394 e. The van der Waals surface area contributed by atoms with Crippen LogP contribution >= 0.6 is 0 Å². The van der Waals surface area contributed by atoms with Crippen LogP contribution in [-0.2, 0) is 92.7 Å². The second kappa shape index (κ2) is 42.9. The molecule has 0 saturated carbocycles. The fourth-order valence-corrected chi connectivity index (χ4v) is 11.3. The molecule has 0 aliphatic heterocycles. The molecule has 0 saturated heterocycles. The predicted molar refractivity (Wildman–Crippen MR) is 420 cm³/mol. The Morgan fingerprint density at radius 1 is 0.360 bits per heavy atom. The van der Waals surface area contributed by atoms with Gasteiger partial charge >= 0.3 is 0 Å². The molecular weight excluding hydrogens is 1480 g/mol. The summed E-state index contributed by atoms with van der Waals surface area (Å²) < 4.78 is 0. The average Bonchev–Trinajstić information content (AvgIpc) is 1.33. The topological polar surface area (TPSA) is 602 Å². The van der Waals surface area contributed by atoms with E-state index in [1.165, 1.54) is 104 Å². The lowest BCUT2D eigenvalue weighted by molar-refractivity contribution is -0.140. The molecule has 2 rings (SSSR count). The zero-order valence-corrected chi connectivity index (χ0v) is 69.6. The Balaban J connectivity index is 2.23. The lowest BCUT2D eigenvalue weighted by atomic mass is 9.96. The maximum absolute atomic E-state index is 14.2. The van der Waals surface area contributed by atoms with E-state index in [9.17, 15) is 91.4 Å². The van der Waals surface area contributed by atoms with Crippen molar-refractivity contribution < 1.29 is 91.4 Å². The second-order valence-electron chi connectivity index (χ2n) is 33.3. The van der Waals surface area contributed by atoms with E-state index in [1.807, 2.05) is 38.1 Å². The van der Waals surface area contributed by atoms with Crippen LogP contribution in [0, 0.1) is 17.8 Å². The van der Waals surface area contributed by atoms with Gasteiger partial charge in [-0.1, -0.05) is 59.7 Å². The summed E-state index contributed by atoms with van der Waals surface area (Å²) in [5, 5.41) is 49.0. The number of aliphatic hydroxyl groups is 1. The largest absolute Gasteiger partial charge is 0.394 e. The molecule has 0 spiro atoms. The number of para-hydroxylation sites is 1. The number of aromatic amines is 1. The first-order chi connectivity index (χ1) is 52.3. The van der Waals surface area contributed by atoms with Crippen LogP contribution in [-0.4, -0.2) is 211 Å². The average molecular weight is 1610 g/mol. The zero-order valence-electron chi connectivity index (χ0n) is 69.6. The van der Waals surface area contributed by atoms with Gasteiger partial charge < -0.3 is 107 Å². The number of nitrogens with two attached hydrogens (primary N) is 3. The van der Waals surface area contributed by atoms with Crippen LogP contribution in [0.3, 0.4) is 0 Å². The number of nitrogens with one attached hydrogen (secondary N) is 16. The van der Waals surface area contributed by atoms with Crippen LogP contribution in [0.15, 0.2) is 30.5 Å². The van der Waals surface area contributed by atoms with Crippen molar-refractivity contribution in [3.8, 4) is 0 Å². The van der Waals surface area contributed by atoms with Gasteiger partial charge in [-0.2, -0.15) is 0 Å². The third-order valence-corrected chi connectivity index (χ3v) is 18.2. The van der Waals surface area contributed by atoms with Crippen molar-refractivity contribution >= 4 is 117 Å². The highest BCUT2D eigenvalue weighted by molar-refractivity contribution is 6.03. The van der Waals surface area contributed by atoms with Crippen molar-refractivity contribution in [2.75, 3.05) is 6.61 Å². The van der Waals surface area contributed by atoms with Crippen LogP contribution in [0.5, 0.6) is 0 Å². The summed E-state index contributed by atoms with van der Waals surface area (Å²) in [7, 11) is 0. The Hall–Kier alpha value is -10.8. The number of aromatic nitrogens is 1. The number of benzene rings is 1. The molecule has 38 heteroatoms. The summed E-state index contributed by atoms with van der Waals surface area (Å²) in [5.41, 5.74) is 6.79. The quantitative estimate of drug-likeness (QED) is 0.0324. The van der Waals surface area contributed by atoms with E-state index >= 15 is 0 Å². The first-order valence-corrected chi connectivity index (χ1v) is 37.9. The van der Waals surface area contributed by atoms with E-state index in [2.05, 4.69) is 84.7 Å². The van der Waals surface area contributed by atoms with Crippen molar-refractivity contribution in [3.63, 3.8) is 0 Å². The highest BCUT2D eigenvalue weighted by atomic mass is 16.3. The molecule has 0 aliphatic carbocycles. The van der Waals surface area contributed by atoms with E-state index in [4.69, 9.17) is 17.2 Å². The number of rotatable bonds is 47. The standard InChI is InChI=1S/C76H125N19O19/c1-38(2)32-45(37-96)84-60(104)49(27-30-55(78)99)87-66(110)71(10,11)92-63(107)51(33-39(3)4)85-61(105)50(28-31-56(79)100)88-67(111)73(14,15)94-69(113)75(18,19)90-57(101)41(7)81-59(103)48(26-29-54(77)98)86-65(109)72(12,13)93-64(108)52(34-40(5)6)89-68(112)74(16,17)95-70(114)76(20,21)91-58(102)42(8)82-62(106)53(83-43(9)97)35-44-36-80-47-25-23-22-24-46(44)47/h22-25,36,38-42,45,48-53,80,96H,26-35,37H2,1-21H3,(H2,77,98)(H2,78,99)(H2,79,100)(H,81,103)(H,82,106)(H,83,97)(H,84,104)(H,85,105)(H,86,109)(H,87,110)(H,88,111)(H,89,112)(H,90,101)(H,91,102)(H,92,107)(H,93,108)(H,94,113)(H,95,114)/t41-,42-,45-,48+,49-,50-,51-,52-,53-/m0/s1. The number of H-pyrrole nitrogens is 1. The van der Waals surface area contributed by atoms with Gasteiger partial charge in [0.05, 0.1) is 12.6 Å². The van der Waals surface area contributed by atoms with Gasteiger partial charge in [0.1, 0.15) is 81.6 Å². The highest BCUT2D eigenvalue weighted by Crippen LogP contribution is 2.21. The molecular formula is C76H125N19O19. The summed E-state index contributed by atoms with van der Waals surface area (Å²) in [6.07, 6.45) is -0.172. The first-order valence-electron chi connectivity index (χ1n) is 37.9. The molecule has 0 bridgehead atoms. The normalized spacial score (nSPS) is 14.4. The van der Waals surface area contributed by atoms with E-state index in [0.29, 0.717) is 6.42 Å². The first kappa shape index (κ1) is 99.3. The van der Waals surface area contributed by atoms with Gasteiger partial charge in [0, 0.05) is 49.7 Å². The van der Waals surface area contributed by atoms with Gasteiger partial charge in [0.15, 0.2) is 0 Å². The Labute approximate surface area is 665 Å². The summed E-state index contributed by atoms with van der Waals surface area (Å²) in [4.78, 5) is 246. The number of aliphatic hydroxyl groups excluding tert-OH is 1. The third kappa shape index (κ3) is 32.7. The van der Waals surface area contributed by atoms with Gasteiger partial charge in [-0.05, 0) is 165 Å². The lowest BCUT2D eigenvalue weighted by Gasteiger charge is -2.34. The molecule has 0 fully saturated rings. The minimum absolute atomic E-state index is 0.00766. The molecule has 38 nitrogen and oxygen atoms in total. The Morgan fingerprint density at radius 2 is 0.667 bits per heavy atom. The number of carbonyl (C=O) groups excluding carboxylic acids is 18. The summed E-state index contributed by atoms with van der Waals surface area (Å²) in [5.74, 6) is -16.0. The van der Waals surface area contributed by atoms with Crippen LogP contribution in [0.4, 0.5) is 0 Å². The molecule has 0 unspecified atom stereocenters. The molecule has 9 atom stereocenters. The van der Waals surface area contributed by atoms with Crippen LogP contribution in [0.1, 0.15) is 209 Å². The van der Waals surface area contributed by atoms with Crippen molar-refractivity contribution in [2.45, 2.75) is 297 Å². The van der Waals surface area contributed by atoms with Crippen LogP contribution < -0.4 is 97.0 Å². The molecule has 1 aromatic heterocycles. The number of hydrogen-bond acceptors (Lipinski definition) is 19. The van der Waals surface area contributed by atoms with Crippen LogP contribution in [0.2, 0.25) is 0 Å². The number of carbonyl (C=O) groups is 18. The molecule has 114 heavy (non-hydrogen) atoms. The molecule has 1 aromatic carbocycles. The van der Waals surface area contributed by atoms with Gasteiger partial charge in [-0.15, -0.1) is 0 Å². The van der Waals surface area contributed by atoms with E-state index in [0.717, 1.165) is 16.5 Å². The lowest BCUT2D eigenvalue weighted by Crippen LogP contribution is -2.66. The fraction of sp³-hybridized carbons (Fsp3) is 0.658. The van der Waals surface area contributed by atoms with Gasteiger partial charge in [-0.25, -0.2) is 0 Å². The smallest absolute Gasteiger partial charge is 0.246 e. The Kier molecular flexibility index (Phi) is 37.3. The van der Waals surface area contributed by atoms with E-state index < -0.39 is 226 Å². The molecule has 18 amide bonds. The third-order valence-electron chi connectivity index (χ3n) is 18.2. The van der Waals surface area contributed by atoms with Crippen molar-refractivity contribution in [1.82, 2.24) is 84.7 Å². The number of fused-ring (bicyclic) bond motifs is 1. The molecule has 23 N–H and O–H groups in total. The Morgan fingerprint density at radius 3 is 1.02 bits per heavy atom. The van der Waals surface area contributed by atoms with Crippen molar-refractivity contribution in [3.05, 3.63) is 36.0 Å². The SMILES string of the molecule is CC(=O)N[C@@H](Cc1c[nH]c2ccccc12)C(=O)N[C@@H](C)C(=O)NC(C)(C)C(=O)NC(C)(C)C(=O)N[C@@H](CC(C)C)C(=O)NC(C)(C)C(=O)N[C@H](CCC(N)=O)C(=O)N[C@@H](C)C(=O)NC(C)(C)C(=O)NC(C)(C)C(=O)N[C@@H](CCC(N)=O)C(=O)N[C@@H](CC(C)C)C(=O)NC(C)(C)C(=O)N[C@@H](CCC(N)=O)C(=O)N[C@H](CO)CC(C)C. The minimum atomic E-state index is -1.93. The maximum atomic E-state index is 14.2. The molecule has 0 aliphatic rings. The fourth-order valence-electron chi connectivity index (χ4n) is 11.3. The summed E-state index contributed by atoms with van der Waals surface area (Å²) >= 11 is 0. The Bertz CT molecular complexity index is 3840.